The van der Waals surface area contributed by atoms with Crippen LogP contribution >= 0.6 is 0 Å². The average molecular weight is 198 g/mol. The van der Waals surface area contributed by atoms with Gasteiger partial charge in [0.15, 0.2) is 0 Å². The molecule has 2 rings (SSSR count). The zero-order chi connectivity index (χ0) is 6.97. The fourth-order valence-electron chi connectivity index (χ4n) is 0.883. The first-order chi connectivity index (χ1) is 4.88. The molecule has 0 bridgehead atoms. The Hall–Kier alpha value is -0.861. The molecule has 1 aliphatic carbocycles. The van der Waals surface area contributed by atoms with Gasteiger partial charge in [-0.3, -0.25) is 0 Å². The number of H-pyrrole nitrogens is 2. The molecule has 0 radical (unpaired) electrons. The van der Waals surface area contributed by atoms with E-state index in [1.165, 1.54) is 0 Å². The van der Waals surface area contributed by atoms with Crippen LogP contribution in [-0.2, 0) is 0 Å². The van der Waals surface area contributed by atoms with E-state index in [4.69, 9.17) is 0 Å². The van der Waals surface area contributed by atoms with E-state index in [-0.39, 0.29) is 0 Å². The van der Waals surface area contributed by atoms with Crippen molar-refractivity contribution in [2.24, 2.45) is 0 Å². The molecule has 0 saturated carbocycles. The van der Waals surface area contributed by atoms with Gasteiger partial charge >= 0.3 is 64.6 Å². The van der Waals surface area contributed by atoms with Crippen molar-refractivity contribution in [1.29, 1.82) is 0 Å². The number of aromatic nitrogens is 3. The molecule has 0 aromatic carbocycles. The second-order valence-electron chi connectivity index (χ2n) is 2.00. The van der Waals surface area contributed by atoms with Crippen molar-refractivity contribution >= 4 is 15.6 Å². The molecule has 0 amide bonds. The number of nitrogens with one attached hydrogen (secondary N) is 2. The summed E-state index contributed by atoms with van der Waals surface area (Å²) >= 11 is 2.93. The van der Waals surface area contributed by atoms with E-state index < -0.39 is 0 Å². The maximum atomic E-state index is 4.01. The number of nitrogens with zero attached hydrogens (tertiary/aromatic N) is 1. The molecular formula is C6H5N3Se. The molecule has 0 spiro atoms. The predicted molar refractivity (Wildman–Crippen MR) is 38.6 cm³/mol. The third-order valence-electron chi connectivity index (χ3n) is 1.36. The Morgan fingerprint density at radius 2 is 2.30 bits per heavy atom. The number of hydrogen-bond acceptors (Lipinski definition) is 1. The van der Waals surface area contributed by atoms with Gasteiger partial charge in [0.25, 0.3) is 0 Å². The van der Waals surface area contributed by atoms with Crippen molar-refractivity contribution in [2.75, 3.05) is 0 Å². The quantitative estimate of drug-likeness (QED) is 0.596. The maximum absolute atomic E-state index is 4.01. The van der Waals surface area contributed by atoms with E-state index in [1.807, 2.05) is 18.2 Å². The fraction of sp³-hybridized carbons (Fsp3) is 0. The van der Waals surface area contributed by atoms with Gasteiger partial charge in [-0.1, -0.05) is 0 Å². The van der Waals surface area contributed by atoms with E-state index in [2.05, 4.69) is 31.0 Å². The van der Waals surface area contributed by atoms with Gasteiger partial charge in [0.05, 0.1) is 0 Å². The van der Waals surface area contributed by atoms with Crippen LogP contribution in [0.5, 0.6) is 0 Å². The van der Waals surface area contributed by atoms with Crippen molar-refractivity contribution in [3.63, 3.8) is 0 Å². The van der Waals surface area contributed by atoms with Crippen LogP contribution in [0, 0.1) is 4.06 Å². The van der Waals surface area contributed by atoms with Crippen LogP contribution in [0.3, 0.4) is 0 Å². The predicted octanol–water partition coefficient (Wildman–Crippen LogP) is 0.543. The van der Waals surface area contributed by atoms with Gasteiger partial charge < -0.3 is 0 Å². The van der Waals surface area contributed by atoms with Gasteiger partial charge in [0.2, 0.25) is 0 Å². The summed E-state index contributed by atoms with van der Waals surface area (Å²) in [4.78, 5) is 0. The SMILES string of the molecule is [Se]=c1cccc2[nH][nH]nc1-2. The zero-order valence-electron chi connectivity index (χ0n) is 5.09. The molecule has 50 valence electrons. The number of para-hydroxylation sites is 1. The summed E-state index contributed by atoms with van der Waals surface area (Å²) in [6, 6.07) is 5.93. The van der Waals surface area contributed by atoms with Gasteiger partial charge in [-0.15, -0.1) is 0 Å². The second-order valence-corrected chi connectivity index (χ2v) is 2.92. The van der Waals surface area contributed by atoms with Crippen LogP contribution in [0.15, 0.2) is 18.2 Å². The van der Waals surface area contributed by atoms with Crippen LogP contribution < -0.4 is 0 Å². The Bertz CT molecular complexity index is 362. The molecular weight excluding hydrogens is 193 g/mol. The van der Waals surface area contributed by atoms with Gasteiger partial charge in [0.1, 0.15) is 0 Å². The van der Waals surface area contributed by atoms with Gasteiger partial charge in [-0.25, -0.2) is 0 Å². The first-order valence-corrected chi connectivity index (χ1v) is 3.75. The molecule has 2 aliphatic rings. The minimum absolute atomic E-state index is 0.961. The number of aromatic amines is 2. The summed E-state index contributed by atoms with van der Waals surface area (Å²) in [6.45, 7) is 0. The first-order valence-electron chi connectivity index (χ1n) is 2.90. The Morgan fingerprint density at radius 1 is 1.40 bits per heavy atom. The summed E-state index contributed by atoms with van der Waals surface area (Å²) < 4.78 is 1.06. The van der Waals surface area contributed by atoms with E-state index in [0.29, 0.717) is 0 Å². The van der Waals surface area contributed by atoms with E-state index in [9.17, 15) is 0 Å². The van der Waals surface area contributed by atoms with Gasteiger partial charge in [-0.2, -0.15) is 0 Å². The monoisotopic (exact) mass is 199 g/mol. The second kappa shape index (κ2) is 2.08. The molecule has 0 aromatic heterocycles. The Balaban J connectivity index is 2.93. The number of rotatable bonds is 0. The Morgan fingerprint density at radius 3 is 3.10 bits per heavy atom. The summed E-state index contributed by atoms with van der Waals surface area (Å²) in [5.41, 5.74) is 1.98. The third-order valence-corrected chi connectivity index (χ3v) is 2.05. The summed E-state index contributed by atoms with van der Waals surface area (Å²) in [5, 5.41) is 9.59. The molecule has 0 saturated heterocycles. The average Bonchev–Trinajstić information content (AvgIpc) is 2.36. The Kier molecular flexibility index (Phi) is 1.22. The summed E-state index contributed by atoms with van der Waals surface area (Å²) in [7, 11) is 0. The summed E-state index contributed by atoms with van der Waals surface area (Å²) in [5.74, 6) is 0. The molecule has 0 fully saturated rings. The number of fused-ring (bicyclic) bond motifs is 1. The van der Waals surface area contributed by atoms with Crippen molar-refractivity contribution in [3.05, 3.63) is 22.3 Å². The molecule has 3 nitrogen and oxygen atoms in total. The number of hydrogen-bond donors (Lipinski definition) is 2. The molecule has 2 N–H and O–H groups in total. The van der Waals surface area contributed by atoms with Crippen LogP contribution in [0.25, 0.3) is 11.4 Å². The van der Waals surface area contributed by atoms with Crippen LogP contribution in [0.4, 0.5) is 0 Å². The minimum atomic E-state index is 0.961. The van der Waals surface area contributed by atoms with Crippen molar-refractivity contribution in [2.45, 2.75) is 0 Å². The molecule has 1 aliphatic heterocycles. The van der Waals surface area contributed by atoms with Crippen molar-refractivity contribution in [1.82, 2.24) is 15.4 Å². The van der Waals surface area contributed by atoms with E-state index in [1.54, 1.807) is 0 Å². The van der Waals surface area contributed by atoms with Crippen molar-refractivity contribution < 1.29 is 0 Å². The standard InChI is InChI=1S/C6H5N3Se/c10-5-3-1-2-4-6(5)8-9-7-4/h1-3,7,9H. The molecule has 0 aromatic rings. The molecule has 10 heavy (non-hydrogen) atoms. The summed E-state index contributed by atoms with van der Waals surface area (Å²) in [6.07, 6.45) is 0. The van der Waals surface area contributed by atoms with Crippen LogP contribution in [0.1, 0.15) is 0 Å². The normalized spacial score (nSPS) is 10.4. The Labute approximate surface area is 65.2 Å². The fourth-order valence-corrected chi connectivity index (χ4v) is 1.37. The van der Waals surface area contributed by atoms with E-state index >= 15 is 0 Å². The topological polar surface area (TPSA) is 44.5 Å². The van der Waals surface area contributed by atoms with Gasteiger partial charge in [-0.05, 0) is 0 Å². The first kappa shape index (κ1) is 5.89. The van der Waals surface area contributed by atoms with Gasteiger partial charge in [0, 0.05) is 0 Å². The molecule has 4 heteroatoms. The van der Waals surface area contributed by atoms with E-state index in [0.717, 1.165) is 15.5 Å². The zero-order valence-corrected chi connectivity index (χ0v) is 6.80. The molecule has 0 unspecified atom stereocenters. The third kappa shape index (κ3) is 0.735. The van der Waals surface area contributed by atoms with Crippen LogP contribution in [-0.4, -0.2) is 31.0 Å². The molecule has 1 heterocycles. The van der Waals surface area contributed by atoms with Crippen LogP contribution in [0.2, 0.25) is 0 Å². The number of benzene rings is 1. The van der Waals surface area contributed by atoms with Crippen molar-refractivity contribution in [3.8, 4) is 11.4 Å². The molecule has 0 atom stereocenters.